The molecule has 110 valence electrons. The SMILES string of the molecule is CC(=O)N1C(=O)/C(=C(/Cl)c2ccncc2)c2ccc(Cl)cc21. The molecule has 0 spiro atoms. The van der Waals surface area contributed by atoms with Crippen molar-refractivity contribution in [1.82, 2.24) is 4.98 Å². The molecule has 1 aromatic carbocycles. The van der Waals surface area contributed by atoms with Crippen LogP contribution in [0, 0.1) is 0 Å². The number of pyridine rings is 1. The van der Waals surface area contributed by atoms with Crippen LogP contribution in [0.4, 0.5) is 5.69 Å². The first-order valence-electron chi connectivity index (χ1n) is 6.46. The van der Waals surface area contributed by atoms with Crippen molar-refractivity contribution in [3.8, 4) is 0 Å². The van der Waals surface area contributed by atoms with E-state index in [-0.39, 0.29) is 16.5 Å². The minimum absolute atomic E-state index is 0.278. The Kier molecular flexibility index (Phi) is 3.72. The Hall–Kier alpha value is -2.17. The van der Waals surface area contributed by atoms with E-state index in [1.807, 2.05) is 0 Å². The molecule has 1 aromatic heterocycles. The van der Waals surface area contributed by atoms with Gasteiger partial charge in [-0.05, 0) is 29.8 Å². The number of fused-ring (bicyclic) bond motifs is 1. The maximum atomic E-state index is 12.6. The number of carbonyl (C=O) groups excluding carboxylic acids is 2. The number of hydrogen-bond donors (Lipinski definition) is 0. The fourth-order valence-corrected chi connectivity index (χ4v) is 2.88. The fraction of sp³-hybridized carbons (Fsp3) is 0.0625. The van der Waals surface area contributed by atoms with Crippen molar-refractivity contribution >= 4 is 51.3 Å². The largest absolute Gasteiger partial charge is 0.274 e. The average Bonchev–Trinajstić information content (AvgIpc) is 2.78. The molecule has 4 nitrogen and oxygen atoms in total. The lowest BCUT2D eigenvalue weighted by Crippen LogP contribution is -2.31. The van der Waals surface area contributed by atoms with E-state index in [4.69, 9.17) is 23.2 Å². The van der Waals surface area contributed by atoms with Crippen molar-refractivity contribution in [2.75, 3.05) is 4.90 Å². The summed E-state index contributed by atoms with van der Waals surface area (Å²) >= 11 is 12.4. The van der Waals surface area contributed by atoms with Crippen LogP contribution in [-0.2, 0) is 9.59 Å². The van der Waals surface area contributed by atoms with Crippen molar-refractivity contribution < 1.29 is 9.59 Å². The summed E-state index contributed by atoms with van der Waals surface area (Å²) in [6.45, 7) is 1.33. The molecule has 0 aliphatic carbocycles. The molecule has 2 aromatic rings. The molecule has 0 atom stereocenters. The Balaban J connectivity index is 2.27. The number of aromatic nitrogens is 1. The van der Waals surface area contributed by atoms with Crippen LogP contribution >= 0.6 is 23.2 Å². The number of imide groups is 1. The van der Waals surface area contributed by atoms with E-state index < -0.39 is 5.91 Å². The first kappa shape index (κ1) is 14.8. The Labute approximate surface area is 137 Å². The first-order valence-corrected chi connectivity index (χ1v) is 7.21. The summed E-state index contributed by atoms with van der Waals surface area (Å²) in [4.78, 5) is 29.5. The number of amides is 2. The van der Waals surface area contributed by atoms with Crippen molar-refractivity contribution in [2.45, 2.75) is 6.92 Å². The summed E-state index contributed by atoms with van der Waals surface area (Å²) in [5.41, 5.74) is 1.99. The first-order chi connectivity index (χ1) is 10.5. The predicted molar refractivity (Wildman–Crippen MR) is 86.5 cm³/mol. The molecule has 3 rings (SSSR count). The standard InChI is InChI=1S/C16H10Cl2N2O2/c1-9(21)20-13-8-11(17)2-3-12(13)14(16(20)22)15(18)10-4-6-19-7-5-10/h2-8H,1H3/b15-14+. The van der Waals surface area contributed by atoms with Gasteiger partial charge in [0.15, 0.2) is 0 Å². The molecule has 22 heavy (non-hydrogen) atoms. The quantitative estimate of drug-likeness (QED) is 0.747. The van der Waals surface area contributed by atoms with Gasteiger partial charge in [0.1, 0.15) is 0 Å². The molecular weight excluding hydrogens is 323 g/mol. The lowest BCUT2D eigenvalue weighted by molar-refractivity contribution is -0.122. The third-order valence-corrected chi connectivity index (χ3v) is 4.00. The molecule has 6 heteroatoms. The van der Waals surface area contributed by atoms with Crippen LogP contribution in [0.2, 0.25) is 5.02 Å². The van der Waals surface area contributed by atoms with Gasteiger partial charge in [0.05, 0.1) is 16.3 Å². The maximum absolute atomic E-state index is 12.6. The van der Waals surface area contributed by atoms with Crippen LogP contribution in [0.5, 0.6) is 0 Å². The van der Waals surface area contributed by atoms with Gasteiger partial charge in [-0.3, -0.25) is 14.6 Å². The highest BCUT2D eigenvalue weighted by atomic mass is 35.5. The van der Waals surface area contributed by atoms with Crippen LogP contribution in [0.1, 0.15) is 18.1 Å². The average molecular weight is 333 g/mol. The Morgan fingerprint density at radius 2 is 1.86 bits per heavy atom. The molecule has 2 heterocycles. The molecule has 0 radical (unpaired) electrons. The highest BCUT2D eigenvalue weighted by Gasteiger charge is 2.37. The molecule has 2 amide bonds. The van der Waals surface area contributed by atoms with E-state index in [9.17, 15) is 9.59 Å². The predicted octanol–water partition coefficient (Wildman–Crippen LogP) is 3.74. The van der Waals surface area contributed by atoms with Gasteiger partial charge in [-0.25, -0.2) is 4.90 Å². The number of anilines is 1. The van der Waals surface area contributed by atoms with E-state index >= 15 is 0 Å². The molecule has 0 saturated carbocycles. The molecule has 0 saturated heterocycles. The summed E-state index contributed by atoms with van der Waals surface area (Å²) in [6, 6.07) is 8.34. The highest BCUT2D eigenvalue weighted by molar-refractivity contribution is 6.60. The molecule has 1 aliphatic heterocycles. The van der Waals surface area contributed by atoms with Gasteiger partial charge in [0.2, 0.25) is 5.91 Å². The zero-order valence-electron chi connectivity index (χ0n) is 11.5. The van der Waals surface area contributed by atoms with Crippen molar-refractivity contribution in [1.29, 1.82) is 0 Å². The zero-order valence-corrected chi connectivity index (χ0v) is 13.0. The van der Waals surface area contributed by atoms with Crippen LogP contribution in [0.25, 0.3) is 10.6 Å². The number of rotatable bonds is 1. The normalized spacial score (nSPS) is 15.8. The third-order valence-electron chi connectivity index (χ3n) is 3.36. The van der Waals surface area contributed by atoms with Gasteiger partial charge < -0.3 is 0 Å². The molecule has 1 aliphatic rings. The number of halogens is 2. The van der Waals surface area contributed by atoms with E-state index in [1.54, 1.807) is 42.7 Å². The number of benzene rings is 1. The van der Waals surface area contributed by atoms with Crippen LogP contribution in [-0.4, -0.2) is 16.8 Å². The van der Waals surface area contributed by atoms with E-state index in [2.05, 4.69) is 4.98 Å². The Bertz CT molecular complexity index is 816. The molecule has 0 fully saturated rings. The van der Waals surface area contributed by atoms with Crippen LogP contribution in [0.15, 0.2) is 42.7 Å². The summed E-state index contributed by atoms with van der Waals surface area (Å²) in [5, 5.41) is 0.721. The van der Waals surface area contributed by atoms with Gasteiger partial charge in [-0.2, -0.15) is 0 Å². The molecular formula is C16H10Cl2N2O2. The van der Waals surface area contributed by atoms with Gasteiger partial charge in [-0.15, -0.1) is 0 Å². The lowest BCUT2D eigenvalue weighted by atomic mass is 10.0. The summed E-state index contributed by atoms with van der Waals surface area (Å²) in [7, 11) is 0. The molecule has 0 unspecified atom stereocenters. The van der Waals surface area contributed by atoms with Gasteiger partial charge in [-0.1, -0.05) is 29.3 Å². The van der Waals surface area contributed by atoms with E-state index in [0.29, 0.717) is 21.8 Å². The second-order valence-electron chi connectivity index (χ2n) is 4.75. The number of hydrogen-bond acceptors (Lipinski definition) is 3. The van der Waals surface area contributed by atoms with Gasteiger partial charge >= 0.3 is 0 Å². The van der Waals surface area contributed by atoms with Crippen molar-refractivity contribution in [3.63, 3.8) is 0 Å². The monoisotopic (exact) mass is 332 g/mol. The second-order valence-corrected chi connectivity index (χ2v) is 5.56. The fourth-order valence-electron chi connectivity index (χ4n) is 2.40. The van der Waals surface area contributed by atoms with Crippen molar-refractivity contribution in [2.24, 2.45) is 0 Å². The summed E-state index contributed by atoms with van der Waals surface area (Å²) in [6.07, 6.45) is 3.17. The highest BCUT2D eigenvalue weighted by Crippen LogP contribution is 2.43. The van der Waals surface area contributed by atoms with Crippen molar-refractivity contribution in [3.05, 3.63) is 58.9 Å². The molecule has 0 N–H and O–H groups in total. The van der Waals surface area contributed by atoms with E-state index in [0.717, 1.165) is 4.90 Å². The van der Waals surface area contributed by atoms with Crippen LogP contribution in [0.3, 0.4) is 0 Å². The Morgan fingerprint density at radius 3 is 2.50 bits per heavy atom. The Morgan fingerprint density at radius 1 is 1.18 bits per heavy atom. The summed E-state index contributed by atoms with van der Waals surface area (Å²) in [5.74, 6) is -0.839. The van der Waals surface area contributed by atoms with Gasteiger partial charge in [0, 0.05) is 29.9 Å². The number of nitrogens with zero attached hydrogens (tertiary/aromatic N) is 2. The summed E-state index contributed by atoms with van der Waals surface area (Å²) < 4.78 is 0. The maximum Gasteiger partial charge on any atom is 0.267 e. The van der Waals surface area contributed by atoms with E-state index in [1.165, 1.54) is 6.92 Å². The smallest absolute Gasteiger partial charge is 0.267 e. The van der Waals surface area contributed by atoms with Gasteiger partial charge in [0.25, 0.3) is 5.91 Å². The topological polar surface area (TPSA) is 50.3 Å². The molecule has 0 bridgehead atoms. The number of carbonyl (C=O) groups is 2. The second kappa shape index (κ2) is 5.55. The lowest BCUT2D eigenvalue weighted by Gasteiger charge is -2.12. The van der Waals surface area contributed by atoms with Crippen LogP contribution < -0.4 is 4.90 Å². The minimum atomic E-state index is -0.452. The third kappa shape index (κ3) is 2.30. The minimum Gasteiger partial charge on any atom is -0.274 e. The zero-order chi connectivity index (χ0) is 15.9.